The van der Waals surface area contributed by atoms with Gasteiger partial charge >= 0.3 is 0 Å². The smallest absolute Gasteiger partial charge is 0.295 e. The number of nitrogens with one attached hydrogen (secondary N) is 1. The summed E-state index contributed by atoms with van der Waals surface area (Å²) in [6.45, 7) is 1.90. The predicted molar refractivity (Wildman–Crippen MR) is 125 cm³/mol. The topological polar surface area (TPSA) is 103 Å². The van der Waals surface area contributed by atoms with Crippen LogP contribution < -0.4 is 5.32 Å². The van der Waals surface area contributed by atoms with Crippen LogP contribution in [-0.4, -0.2) is 25.6 Å². The van der Waals surface area contributed by atoms with Crippen molar-refractivity contribution in [3.05, 3.63) is 97.7 Å². The maximum atomic E-state index is 12.9. The Morgan fingerprint density at radius 2 is 1.88 bits per heavy atom. The van der Waals surface area contributed by atoms with E-state index in [1.165, 1.54) is 18.2 Å². The highest BCUT2D eigenvalue weighted by Gasteiger charge is 2.20. The number of aromatic nitrogens is 3. The molecule has 0 saturated heterocycles. The van der Waals surface area contributed by atoms with Crippen LogP contribution in [0.4, 0.5) is 11.4 Å². The molecule has 32 heavy (non-hydrogen) atoms. The van der Waals surface area contributed by atoms with E-state index >= 15 is 0 Å². The number of anilines is 1. The molecule has 0 bridgehead atoms. The number of non-ortho nitro benzene ring substituents is 1. The number of aryl methyl sites for hydroxylation is 1. The Balaban J connectivity index is 1.77. The lowest BCUT2D eigenvalue weighted by atomic mass is 10.2. The zero-order valence-electron chi connectivity index (χ0n) is 16.6. The lowest BCUT2D eigenvalue weighted by molar-refractivity contribution is -0.384. The summed E-state index contributed by atoms with van der Waals surface area (Å²) in [7, 11) is 0. The molecular formula is C22H15BrClN5O3. The summed E-state index contributed by atoms with van der Waals surface area (Å²) < 4.78 is 2.46. The van der Waals surface area contributed by atoms with Crippen LogP contribution in [0.2, 0.25) is 5.02 Å². The first kappa shape index (κ1) is 21.7. The van der Waals surface area contributed by atoms with Crippen LogP contribution >= 0.6 is 27.5 Å². The molecule has 0 spiro atoms. The second-order valence-corrected chi connectivity index (χ2v) is 8.22. The minimum absolute atomic E-state index is 0.0891. The molecular weight excluding hydrogens is 498 g/mol. The molecule has 0 atom stereocenters. The van der Waals surface area contributed by atoms with E-state index in [4.69, 9.17) is 11.6 Å². The second-order valence-electron chi connectivity index (χ2n) is 6.87. The Hall–Kier alpha value is -3.56. The van der Waals surface area contributed by atoms with Gasteiger partial charge in [0.15, 0.2) is 5.82 Å². The first-order chi connectivity index (χ1) is 15.3. The maximum Gasteiger partial charge on any atom is 0.295 e. The molecule has 1 heterocycles. The average molecular weight is 513 g/mol. The number of rotatable bonds is 5. The molecule has 0 unspecified atom stereocenters. The number of nitro benzene ring substituents is 1. The largest absolute Gasteiger partial charge is 0.319 e. The van der Waals surface area contributed by atoms with Crippen LogP contribution in [0, 0.1) is 17.0 Å². The van der Waals surface area contributed by atoms with Crippen LogP contribution in [0.5, 0.6) is 0 Å². The van der Waals surface area contributed by atoms with Crippen molar-refractivity contribution in [1.29, 1.82) is 0 Å². The zero-order chi connectivity index (χ0) is 22.8. The first-order valence-electron chi connectivity index (χ1n) is 9.37. The maximum absolute atomic E-state index is 12.9. The average Bonchev–Trinajstić information content (AvgIpc) is 3.21. The summed E-state index contributed by atoms with van der Waals surface area (Å²) in [6.07, 6.45) is 0. The number of hydrogen-bond acceptors (Lipinski definition) is 5. The van der Waals surface area contributed by atoms with Gasteiger partial charge in [-0.15, -0.1) is 5.10 Å². The van der Waals surface area contributed by atoms with Gasteiger partial charge in [-0.25, -0.2) is 9.67 Å². The quantitative estimate of drug-likeness (QED) is 0.268. The molecule has 0 radical (unpaired) electrons. The minimum atomic E-state index is -0.595. The van der Waals surface area contributed by atoms with E-state index in [1.54, 1.807) is 22.9 Å². The molecule has 0 aliphatic heterocycles. The van der Waals surface area contributed by atoms with Crippen molar-refractivity contribution >= 4 is 44.8 Å². The van der Waals surface area contributed by atoms with Gasteiger partial charge in [0.1, 0.15) is 0 Å². The molecule has 0 saturated carbocycles. The molecule has 0 aliphatic carbocycles. The summed E-state index contributed by atoms with van der Waals surface area (Å²) in [5.74, 6) is -0.233. The number of nitro groups is 1. The van der Waals surface area contributed by atoms with Gasteiger partial charge in [0.2, 0.25) is 5.82 Å². The van der Waals surface area contributed by atoms with E-state index in [0.29, 0.717) is 16.5 Å². The van der Waals surface area contributed by atoms with Gasteiger partial charge in [0.05, 0.1) is 10.6 Å². The number of amides is 1. The Morgan fingerprint density at radius 3 is 2.59 bits per heavy atom. The van der Waals surface area contributed by atoms with Crippen LogP contribution in [0.1, 0.15) is 16.2 Å². The summed E-state index contributed by atoms with van der Waals surface area (Å²) in [5.41, 5.74) is 2.45. The summed E-state index contributed by atoms with van der Waals surface area (Å²) >= 11 is 9.61. The molecule has 10 heteroatoms. The van der Waals surface area contributed by atoms with Crippen LogP contribution in [0.3, 0.4) is 0 Å². The third kappa shape index (κ3) is 4.53. The van der Waals surface area contributed by atoms with Gasteiger partial charge in [0.25, 0.3) is 11.6 Å². The van der Waals surface area contributed by atoms with Crippen molar-refractivity contribution in [2.75, 3.05) is 5.32 Å². The number of nitrogens with zero attached hydrogens (tertiary/aromatic N) is 4. The highest BCUT2D eigenvalue weighted by molar-refractivity contribution is 9.10. The molecule has 1 aromatic heterocycles. The fourth-order valence-electron chi connectivity index (χ4n) is 3.06. The van der Waals surface area contributed by atoms with Gasteiger partial charge in [-0.2, -0.15) is 0 Å². The van der Waals surface area contributed by atoms with Crippen LogP contribution in [-0.2, 0) is 0 Å². The predicted octanol–water partition coefficient (Wildman–Crippen LogP) is 5.82. The summed E-state index contributed by atoms with van der Waals surface area (Å²) in [6, 6.07) is 18.5. The first-order valence-corrected chi connectivity index (χ1v) is 10.5. The van der Waals surface area contributed by atoms with Crippen molar-refractivity contribution in [1.82, 2.24) is 14.8 Å². The Labute approximate surface area is 196 Å². The van der Waals surface area contributed by atoms with E-state index < -0.39 is 10.8 Å². The van der Waals surface area contributed by atoms with Gasteiger partial charge in [-0.3, -0.25) is 14.9 Å². The molecule has 160 valence electrons. The van der Waals surface area contributed by atoms with Crippen molar-refractivity contribution in [3.63, 3.8) is 0 Å². The molecule has 4 rings (SSSR count). The zero-order valence-corrected chi connectivity index (χ0v) is 19.0. The standard InChI is InChI=1S/C22H15BrClN5O3/c1-13-5-10-16(24)11-19(13)28-21(14-6-8-15(23)9-7-14)26-20(27-28)22(30)25-17-3-2-4-18(12-17)29(31)32/h2-12H,1H3,(H,25,30). The fraction of sp³-hybridized carbons (Fsp3) is 0.0455. The van der Waals surface area contributed by atoms with Gasteiger partial charge in [-0.05, 0) is 42.8 Å². The van der Waals surface area contributed by atoms with Crippen molar-refractivity contribution in [3.8, 4) is 17.1 Å². The molecule has 8 nitrogen and oxygen atoms in total. The molecule has 1 amide bonds. The number of benzene rings is 3. The van der Waals surface area contributed by atoms with E-state index in [0.717, 1.165) is 15.6 Å². The van der Waals surface area contributed by atoms with Crippen LogP contribution in [0.25, 0.3) is 17.1 Å². The second kappa shape index (κ2) is 8.89. The van der Waals surface area contributed by atoms with E-state index in [1.807, 2.05) is 37.3 Å². The van der Waals surface area contributed by atoms with Gasteiger partial charge in [0, 0.05) is 32.9 Å². The van der Waals surface area contributed by atoms with Crippen molar-refractivity contribution in [2.24, 2.45) is 0 Å². The summed E-state index contributed by atoms with van der Waals surface area (Å²) in [4.78, 5) is 27.8. The lowest BCUT2D eigenvalue weighted by Crippen LogP contribution is -2.14. The van der Waals surface area contributed by atoms with Gasteiger partial charge < -0.3 is 5.32 Å². The molecule has 1 N–H and O–H groups in total. The Kier molecular flexibility index (Phi) is 6.02. The molecule has 4 aromatic rings. The highest BCUT2D eigenvalue weighted by Crippen LogP contribution is 2.27. The molecule has 0 aliphatic rings. The minimum Gasteiger partial charge on any atom is -0.319 e. The summed E-state index contributed by atoms with van der Waals surface area (Å²) in [5, 5.41) is 18.6. The van der Waals surface area contributed by atoms with E-state index in [9.17, 15) is 14.9 Å². The Bertz CT molecular complexity index is 1340. The molecule has 0 fully saturated rings. The number of hydrogen-bond donors (Lipinski definition) is 1. The highest BCUT2D eigenvalue weighted by atomic mass is 79.9. The van der Waals surface area contributed by atoms with Crippen molar-refractivity contribution in [2.45, 2.75) is 6.92 Å². The Morgan fingerprint density at radius 1 is 1.12 bits per heavy atom. The SMILES string of the molecule is Cc1ccc(Cl)cc1-n1nc(C(=O)Nc2cccc([N+](=O)[O-])c2)nc1-c1ccc(Br)cc1. The third-order valence-corrected chi connectivity index (χ3v) is 5.39. The fourth-order valence-corrected chi connectivity index (χ4v) is 3.49. The van der Waals surface area contributed by atoms with Crippen LogP contribution in [0.15, 0.2) is 71.2 Å². The number of halogens is 2. The number of carbonyl (C=O) groups is 1. The third-order valence-electron chi connectivity index (χ3n) is 4.63. The number of carbonyl (C=O) groups excluding carboxylic acids is 1. The van der Waals surface area contributed by atoms with Crippen molar-refractivity contribution < 1.29 is 9.72 Å². The van der Waals surface area contributed by atoms with Gasteiger partial charge in [-0.1, -0.05) is 51.8 Å². The molecule has 3 aromatic carbocycles. The monoisotopic (exact) mass is 511 g/mol. The van der Waals surface area contributed by atoms with E-state index in [-0.39, 0.29) is 17.2 Å². The normalized spacial score (nSPS) is 10.7. The lowest BCUT2D eigenvalue weighted by Gasteiger charge is -2.09. The van der Waals surface area contributed by atoms with E-state index in [2.05, 4.69) is 31.3 Å².